The molecule has 28 heavy (non-hydrogen) atoms. The number of ether oxygens (including phenoxy) is 3. The van der Waals surface area contributed by atoms with Crippen LogP contribution in [0, 0.1) is 0 Å². The fraction of sp³-hybridized carbons (Fsp3) is 0.174. The molecule has 5 heteroatoms. The Morgan fingerprint density at radius 2 is 1.61 bits per heavy atom. The Kier molecular flexibility index (Phi) is 6.67. The lowest BCUT2D eigenvalue weighted by Gasteiger charge is -2.17. The summed E-state index contributed by atoms with van der Waals surface area (Å²) in [6.07, 6.45) is 0. The number of hydrogen-bond donors (Lipinski definition) is 0. The van der Waals surface area contributed by atoms with Crippen LogP contribution in [0.1, 0.15) is 22.8 Å². The van der Waals surface area contributed by atoms with Crippen LogP contribution in [0.2, 0.25) is 0 Å². The van der Waals surface area contributed by atoms with Gasteiger partial charge in [0.05, 0.1) is 14.2 Å². The van der Waals surface area contributed by atoms with Crippen LogP contribution in [0.4, 0.5) is 0 Å². The number of Topliss-reactive ketones (excluding diaryl/α,β-unsaturated/α-hetero) is 1. The van der Waals surface area contributed by atoms with E-state index < -0.39 is 0 Å². The Balaban J connectivity index is 1.99. The predicted molar refractivity (Wildman–Crippen MR) is 114 cm³/mol. The van der Waals surface area contributed by atoms with Crippen molar-refractivity contribution in [3.05, 3.63) is 77.9 Å². The zero-order valence-electron chi connectivity index (χ0n) is 16.2. The Bertz CT molecular complexity index is 954. The van der Waals surface area contributed by atoms with Gasteiger partial charge in [0, 0.05) is 16.9 Å². The lowest BCUT2D eigenvalue weighted by atomic mass is 10.1. The molecule has 0 bridgehead atoms. The topological polar surface area (TPSA) is 44.8 Å². The van der Waals surface area contributed by atoms with Gasteiger partial charge in [0.15, 0.2) is 17.3 Å². The molecule has 0 aliphatic carbocycles. The summed E-state index contributed by atoms with van der Waals surface area (Å²) >= 11 is 0. The molecule has 0 saturated heterocycles. The molecule has 1 unspecified atom stereocenters. The molecule has 0 N–H and O–H groups in total. The first-order chi connectivity index (χ1) is 13.6. The largest absolute Gasteiger partial charge is 0.497 e. The first-order valence-corrected chi connectivity index (χ1v) is 9.92. The molecule has 3 aromatic carbocycles. The van der Waals surface area contributed by atoms with Crippen molar-refractivity contribution in [2.24, 2.45) is 0 Å². The molecule has 0 saturated carbocycles. The quantitative estimate of drug-likeness (QED) is 0.426. The smallest absolute Gasteiger partial charge is 0.169 e. The van der Waals surface area contributed by atoms with Crippen molar-refractivity contribution < 1.29 is 19.0 Å². The van der Waals surface area contributed by atoms with E-state index in [4.69, 9.17) is 14.2 Å². The second-order valence-corrected chi connectivity index (χ2v) is 7.53. The van der Waals surface area contributed by atoms with Crippen molar-refractivity contribution in [2.75, 3.05) is 14.2 Å². The first kappa shape index (κ1) is 19.9. The molecule has 0 aromatic heterocycles. The summed E-state index contributed by atoms with van der Waals surface area (Å²) in [7, 11) is 3.46. The van der Waals surface area contributed by atoms with Gasteiger partial charge in [-0.05, 0) is 23.9 Å². The maximum absolute atomic E-state index is 12.0. The highest BCUT2D eigenvalue weighted by atomic mass is 31.1. The number of ketones is 1. The third kappa shape index (κ3) is 4.71. The van der Waals surface area contributed by atoms with Gasteiger partial charge in [0.2, 0.25) is 0 Å². The highest BCUT2D eigenvalue weighted by Crippen LogP contribution is 2.35. The van der Waals surface area contributed by atoms with E-state index in [0.717, 1.165) is 21.7 Å². The van der Waals surface area contributed by atoms with Crippen LogP contribution in [0.15, 0.2) is 66.7 Å². The number of benzene rings is 3. The summed E-state index contributed by atoms with van der Waals surface area (Å²) in [5.74, 6) is 2.01. The zero-order valence-corrected chi connectivity index (χ0v) is 17.2. The predicted octanol–water partition coefficient (Wildman–Crippen LogP) is 4.11. The number of hydrogen-bond acceptors (Lipinski definition) is 4. The van der Waals surface area contributed by atoms with Gasteiger partial charge in [-0.1, -0.05) is 63.2 Å². The molecule has 0 spiro atoms. The van der Waals surface area contributed by atoms with Crippen LogP contribution in [-0.4, -0.2) is 20.0 Å². The molecule has 0 heterocycles. The number of rotatable bonds is 8. The minimum atomic E-state index is 0.0460. The summed E-state index contributed by atoms with van der Waals surface area (Å²) in [6, 6.07) is 21.4. The van der Waals surface area contributed by atoms with Crippen molar-refractivity contribution in [3.8, 4) is 17.2 Å². The standard InChI is InChI=1S/C23H23O4P/c1-16(24)19-11-7-8-12-21(19)28-22-14-18(25-2)13-20(26-3)23(22)27-15-17-9-5-4-6-10-17/h4-14,28H,15H2,1-3H3. The Morgan fingerprint density at radius 3 is 2.29 bits per heavy atom. The normalized spacial score (nSPS) is 10.8. The lowest BCUT2D eigenvalue weighted by Crippen LogP contribution is -2.15. The highest BCUT2D eigenvalue weighted by molar-refractivity contribution is 7.56. The minimum Gasteiger partial charge on any atom is -0.497 e. The second-order valence-electron chi connectivity index (χ2n) is 6.21. The van der Waals surface area contributed by atoms with Gasteiger partial charge < -0.3 is 14.2 Å². The van der Waals surface area contributed by atoms with Gasteiger partial charge in [0.1, 0.15) is 12.4 Å². The van der Waals surface area contributed by atoms with Crippen LogP contribution >= 0.6 is 8.58 Å². The molecule has 0 aliphatic heterocycles. The van der Waals surface area contributed by atoms with Crippen molar-refractivity contribution in [3.63, 3.8) is 0 Å². The van der Waals surface area contributed by atoms with Crippen LogP contribution in [0.25, 0.3) is 0 Å². The Labute approximate surface area is 167 Å². The molecule has 0 fully saturated rings. The van der Waals surface area contributed by atoms with Crippen LogP contribution in [0.3, 0.4) is 0 Å². The average Bonchev–Trinajstić information content (AvgIpc) is 2.73. The lowest BCUT2D eigenvalue weighted by molar-refractivity contribution is 0.101. The van der Waals surface area contributed by atoms with E-state index in [1.807, 2.05) is 66.7 Å². The fourth-order valence-electron chi connectivity index (χ4n) is 2.86. The van der Waals surface area contributed by atoms with Crippen LogP contribution in [-0.2, 0) is 6.61 Å². The summed E-state index contributed by atoms with van der Waals surface area (Å²) < 4.78 is 17.2. The molecular formula is C23H23O4P. The van der Waals surface area contributed by atoms with E-state index in [1.165, 1.54) is 0 Å². The highest BCUT2D eigenvalue weighted by Gasteiger charge is 2.17. The third-order valence-corrected chi connectivity index (χ3v) is 5.63. The summed E-state index contributed by atoms with van der Waals surface area (Å²) in [5, 5.41) is 1.90. The van der Waals surface area contributed by atoms with E-state index in [2.05, 4.69) is 0 Å². The number of carbonyl (C=O) groups excluding carboxylic acids is 1. The summed E-state index contributed by atoms with van der Waals surface area (Å²) in [5.41, 5.74) is 1.79. The van der Waals surface area contributed by atoms with Gasteiger partial charge in [0.25, 0.3) is 0 Å². The average molecular weight is 394 g/mol. The third-order valence-electron chi connectivity index (χ3n) is 4.29. The van der Waals surface area contributed by atoms with Gasteiger partial charge in [-0.15, -0.1) is 0 Å². The molecule has 3 aromatic rings. The molecule has 0 amide bonds. The van der Waals surface area contributed by atoms with E-state index in [-0.39, 0.29) is 14.4 Å². The van der Waals surface area contributed by atoms with E-state index in [9.17, 15) is 4.79 Å². The first-order valence-electron chi connectivity index (χ1n) is 8.92. The zero-order chi connectivity index (χ0) is 19.9. The monoisotopic (exact) mass is 394 g/mol. The van der Waals surface area contributed by atoms with E-state index in [0.29, 0.717) is 23.9 Å². The van der Waals surface area contributed by atoms with E-state index >= 15 is 0 Å². The molecule has 4 nitrogen and oxygen atoms in total. The van der Waals surface area contributed by atoms with Gasteiger partial charge in [-0.2, -0.15) is 0 Å². The number of carbonyl (C=O) groups is 1. The van der Waals surface area contributed by atoms with Crippen molar-refractivity contribution in [1.82, 2.24) is 0 Å². The van der Waals surface area contributed by atoms with E-state index in [1.54, 1.807) is 21.1 Å². The number of methoxy groups -OCH3 is 2. The van der Waals surface area contributed by atoms with Crippen LogP contribution < -0.4 is 24.8 Å². The van der Waals surface area contributed by atoms with Gasteiger partial charge in [-0.3, -0.25) is 4.79 Å². The molecule has 3 rings (SSSR count). The summed E-state index contributed by atoms with van der Waals surface area (Å²) in [6.45, 7) is 2.01. The SMILES string of the molecule is COc1cc(OC)c(OCc2ccccc2)c(Pc2ccccc2C(C)=O)c1. The fourth-order valence-corrected chi connectivity index (χ4v) is 4.25. The second kappa shape index (κ2) is 9.38. The van der Waals surface area contributed by atoms with Gasteiger partial charge in [-0.25, -0.2) is 0 Å². The maximum atomic E-state index is 12.0. The summed E-state index contributed by atoms with van der Waals surface area (Å²) in [4.78, 5) is 12.0. The Morgan fingerprint density at radius 1 is 0.893 bits per heavy atom. The molecular weight excluding hydrogens is 371 g/mol. The minimum absolute atomic E-state index is 0.0460. The van der Waals surface area contributed by atoms with Crippen molar-refractivity contribution in [2.45, 2.75) is 13.5 Å². The molecule has 144 valence electrons. The maximum Gasteiger partial charge on any atom is 0.169 e. The van der Waals surface area contributed by atoms with Crippen molar-refractivity contribution in [1.29, 1.82) is 0 Å². The molecule has 0 aliphatic rings. The van der Waals surface area contributed by atoms with Crippen molar-refractivity contribution >= 4 is 25.0 Å². The van der Waals surface area contributed by atoms with Crippen LogP contribution in [0.5, 0.6) is 17.2 Å². The van der Waals surface area contributed by atoms with Gasteiger partial charge >= 0.3 is 0 Å². The molecule has 1 atom stereocenters. The Hall–Kier alpha value is -2.84. The molecule has 0 radical (unpaired) electrons.